The highest BCUT2D eigenvalue weighted by Crippen LogP contribution is 2.66. The number of allylic oxidation sites excluding steroid dienone is 1. The Morgan fingerprint density at radius 2 is 1.79 bits per heavy atom. The number of ketones is 1. The molecule has 0 aromatic rings. The maximum Gasteiger partial charge on any atom is 0.436 e. The second-order valence-electron chi connectivity index (χ2n) is 13.7. The third kappa shape index (κ3) is 5.34. The molecule has 0 radical (unpaired) electrons. The van der Waals surface area contributed by atoms with Crippen molar-refractivity contribution in [3.8, 4) is 0 Å². The molecule has 0 spiro atoms. The van der Waals surface area contributed by atoms with Gasteiger partial charge < -0.3 is 15.1 Å². The first-order valence-corrected chi connectivity index (χ1v) is 15.2. The average Bonchev–Trinajstić information content (AvgIpc) is 3.65. The largest absolute Gasteiger partial charge is 0.436 e. The lowest BCUT2D eigenvalue weighted by molar-refractivity contribution is -0.117. The van der Waals surface area contributed by atoms with Gasteiger partial charge in [0.1, 0.15) is 0 Å². The van der Waals surface area contributed by atoms with Crippen LogP contribution < -0.4 is 5.32 Å². The van der Waals surface area contributed by atoms with E-state index in [1.54, 1.807) is 0 Å². The molecule has 1 amide bonds. The minimum atomic E-state index is -0.295. The Bertz CT molecular complexity index is 972. The lowest BCUT2D eigenvalue weighted by atomic mass is 9.46. The fourth-order valence-corrected chi connectivity index (χ4v) is 8.91. The summed E-state index contributed by atoms with van der Waals surface area (Å²) in [6.45, 7) is 10.4. The van der Waals surface area contributed by atoms with Gasteiger partial charge in [-0.15, -0.1) is 0 Å². The van der Waals surface area contributed by atoms with Gasteiger partial charge in [0.05, 0.1) is 5.71 Å². The third-order valence-electron chi connectivity index (χ3n) is 11.2. The van der Waals surface area contributed by atoms with Crippen LogP contribution in [0.5, 0.6) is 0 Å². The van der Waals surface area contributed by atoms with Gasteiger partial charge in [0.15, 0.2) is 5.78 Å². The van der Waals surface area contributed by atoms with Gasteiger partial charge in [0, 0.05) is 44.6 Å². The van der Waals surface area contributed by atoms with Crippen molar-refractivity contribution in [1.82, 2.24) is 15.1 Å². The lowest BCUT2D eigenvalue weighted by Gasteiger charge is -2.58. The quantitative estimate of drug-likeness (QED) is 0.192. The Morgan fingerprint density at radius 1 is 1.03 bits per heavy atom. The molecule has 0 heterocycles. The van der Waals surface area contributed by atoms with Crippen LogP contribution in [0.25, 0.3) is 0 Å². The number of amides is 1. The fourth-order valence-electron chi connectivity index (χ4n) is 8.91. The van der Waals surface area contributed by atoms with Crippen molar-refractivity contribution in [2.45, 2.75) is 91.0 Å². The summed E-state index contributed by atoms with van der Waals surface area (Å²) in [5.74, 6) is 2.83. The monoisotopic (exact) mass is 526 g/mol. The molecule has 5 aliphatic rings. The molecule has 0 saturated heterocycles. The number of hydrogen-bond donors (Lipinski definition) is 1. The number of carbonyl (C=O) groups excluding carboxylic acids is 2. The molecule has 7 heteroatoms. The number of nitrogens with zero attached hydrogens (tertiary/aromatic N) is 3. The summed E-state index contributed by atoms with van der Waals surface area (Å²) in [5, 5.41) is 7.91. The molecule has 4 fully saturated rings. The topological polar surface area (TPSA) is 74.2 Å². The van der Waals surface area contributed by atoms with Gasteiger partial charge in [-0.25, -0.2) is 4.79 Å². The second kappa shape index (κ2) is 11.0. The number of fused-ring (bicyclic) bond motifs is 5. The smallest absolute Gasteiger partial charge is 0.314 e. The average molecular weight is 527 g/mol. The molecule has 5 rings (SSSR count). The van der Waals surface area contributed by atoms with Crippen molar-refractivity contribution < 1.29 is 14.4 Å². The summed E-state index contributed by atoms with van der Waals surface area (Å²) in [6.07, 6.45) is 12.7. The summed E-state index contributed by atoms with van der Waals surface area (Å²) < 4.78 is 0. The van der Waals surface area contributed by atoms with Crippen molar-refractivity contribution in [2.75, 3.05) is 40.3 Å². The highest BCUT2D eigenvalue weighted by molar-refractivity contribution is 5.91. The Morgan fingerprint density at radius 3 is 2.53 bits per heavy atom. The van der Waals surface area contributed by atoms with Crippen molar-refractivity contribution in [3.05, 3.63) is 11.6 Å². The van der Waals surface area contributed by atoms with Crippen LogP contribution in [0.15, 0.2) is 16.8 Å². The van der Waals surface area contributed by atoms with Gasteiger partial charge in [-0.3, -0.25) is 9.63 Å². The van der Waals surface area contributed by atoms with Gasteiger partial charge in [-0.05, 0) is 113 Å². The highest BCUT2D eigenvalue weighted by atomic mass is 16.7. The van der Waals surface area contributed by atoms with Crippen LogP contribution >= 0.6 is 0 Å². The SMILES string of the molecule is C/C(=N\OC(=O)N(CCNCCN(C)C)C1CC1)[C@H]1CC[C@H]2[C@@H]3CCC4=CC(=O)CC[C@]4(C)[C@H]3CC[C@]12C. The zero-order chi connectivity index (χ0) is 27.1. The number of carbonyl (C=O) groups is 2. The minimum Gasteiger partial charge on any atom is -0.314 e. The summed E-state index contributed by atoms with van der Waals surface area (Å²) in [7, 11) is 4.13. The fraction of sp³-hybridized carbons (Fsp3) is 0.839. The number of rotatable bonds is 9. The van der Waals surface area contributed by atoms with E-state index in [1.807, 2.05) is 11.0 Å². The maximum absolute atomic E-state index is 13.0. The van der Waals surface area contributed by atoms with Crippen molar-refractivity contribution >= 4 is 17.6 Å². The summed E-state index contributed by atoms with van der Waals surface area (Å²) in [6, 6.07) is 0.305. The highest BCUT2D eigenvalue weighted by Gasteiger charge is 2.59. The van der Waals surface area contributed by atoms with Crippen LogP contribution in [-0.2, 0) is 9.63 Å². The predicted octanol–water partition coefficient (Wildman–Crippen LogP) is 5.26. The molecular formula is C31H50N4O3. The van der Waals surface area contributed by atoms with E-state index >= 15 is 0 Å². The molecule has 0 unspecified atom stereocenters. The molecule has 0 aromatic heterocycles. The minimum absolute atomic E-state index is 0.211. The number of likely N-dealkylation sites (N-methyl/N-ethyl adjacent to an activating group) is 1. The maximum atomic E-state index is 13.0. The van der Waals surface area contributed by atoms with E-state index in [1.165, 1.54) is 31.3 Å². The molecule has 6 atom stereocenters. The van der Waals surface area contributed by atoms with Crippen LogP contribution in [0, 0.1) is 34.5 Å². The first kappa shape index (κ1) is 27.8. The molecule has 0 bridgehead atoms. The van der Waals surface area contributed by atoms with Gasteiger partial charge in [0.2, 0.25) is 0 Å². The van der Waals surface area contributed by atoms with E-state index < -0.39 is 0 Å². The Hall–Kier alpha value is -1.73. The Labute approximate surface area is 229 Å². The zero-order valence-corrected chi connectivity index (χ0v) is 24.4. The Balaban J connectivity index is 1.20. The summed E-state index contributed by atoms with van der Waals surface area (Å²) >= 11 is 0. The number of oxime groups is 1. The van der Waals surface area contributed by atoms with E-state index in [2.05, 4.69) is 50.2 Å². The molecule has 0 aromatic carbocycles. The predicted molar refractivity (Wildman–Crippen MR) is 151 cm³/mol. The van der Waals surface area contributed by atoms with Crippen molar-refractivity contribution in [1.29, 1.82) is 0 Å². The van der Waals surface area contributed by atoms with Gasteiger partial charge in [-0.1, -0.05) is 24.6 Å². The molecule has 212 valence electrons. The molecule has 5 aliphatic carbocycles. The van der Waals surface area contributed by atoms with Gasteiger partial charge in [-0.2, -0.15) is 0 Å². The first-order valence-electron chi connectivity index (χ1n) is 15.2. The molecule has 38 heavy (non-hydrogen) atoms. The third-order valence-corrected chi connectivity index (χ3v) is 11.2. The molecule has 0 aliphatic heterocycles. The van der Waals surface area contributed by atoms with Gasteiger partial charge in [0.25, 0.3) is 0 Å². The summed E-state index contributed by atoms with van der Waals surface area (Å²) in [5.41, 5.74) is 2.86. The van der Waals surface area contributed by atoms with E-state index in [0.717, 1.165) is 69.8 Å². The number of nitrogens with one attached hydrogen (secondary N) is 1. The molecular weight excluding hydrogens is 476 g/mol. The molecule has 4 saturated carbocycles. The van der Waals surface area contributed by atoms with E-state index in [9.17, 15) is 9.59 Å². The Kier molecular flexibility index (Phi) is 8.08. The first-order chi connectivity index (χ1) is 18.1. The standard InChI is InChI=1S/C31H50N4O3/c1-21(33-38-29(37)35(23-7-8-23)19-17-32-16-18-34(4)5)26-10-11-27-25-9-6-22-20-24(36)12-14-30(22,2)28(25)13-15-31(26,27)3/h20,23,25-28,32H,6-19H2,1-5H3/b33-21+/t25-,26+,27-,28-,30-,31+/m0/s1. The van der Waals surface area contributed by atoms with Crippen LogP contribution in [0.3, 0.4) is 0 Å². The number of hydrogen-bond acceptors (Lipinski definition) is 6. The van der Waals surface area contributed by atoms with Crippen LogP contribution in [0.1, 0.15) is 85.0 Å². The van der Waals surface area contributed by atoms with Crippen LogP contribution in [0.4, 0.5) is 4.79 Å². The van der Waals surface area contributed by atoms with E-state index in [-0.39, 0.29) is 16.9 Å². The normalized spacial score (nSPS) is 36.8. The van der Waals surface area contributed by atoms with Crippen LogP contribution in [-0.4, -0.2) is 73.7 Å². The molecule has 7 nitrogen and oxygen atoms in total. The van der Waals surface area contributed by atoms with E-state index in [0.29, 0.717) is 36.1 Å². The second-order valence-corrected chi connectivity index (χ2v) is 13.7. The van der Waals surface area contributed by atoms with Crippen LogP contribution in [0.2, 0.25) is 0 Å². The molecule has 1 N–H and O–H groups in total. The van der Waals surface area contributed by atoms with E-state index in [4.69, 9.17) is 4.84 Å². The lowest BCUT2D eigenvalue weighted by Crippen LogP contribution is -2.51. The van der Waals surface area contributed by atoms with Crippen molar-refractivity contribution in [2.24, 2.45) is 39.7 Å². The summed E-state index contributed by atoms with van der Waals surface area (Å²) in [4.78, 5) is 34.7. The van der Waals surface area contributed by atoms with Crippen molar-refractivity contribution in [3.63, 3.8) is 0 Å². The van der Waals surface area contributed by atoms with Gasteiger partial charge >= 0.3 is 6.09 Å². The zero-order valence-electron chi connectivity index (χ0n) is 24.4.